The Morgan fingerprint density at radius 3 is 2.77 bits per heavy atom. The van der Waals surface area contributed by atoms with Crippen LogP contribution < -0.4 is 5.32 Å². The van der Waals surface area contributed by atoms with Crippen LogP contribution in [-0.2, 0) is 27.9 Å². The number of nitrogens with one attached hydrogen (secondary N) is 1. The summed E-state index contributed by atoms with van der Waals surface area (Å²) in [5.41, 5.74) is -2.25. The van der Waals surface area contributed by atoms with Gasteiger partial charge in [-0.05, 0) is 21.0 Å². The summed E-state index contributed by atoms with van der Waals surface area (Å²) in [4.78, 5) is 23.6. The lowest BCUT2D eigenvalue weighted by atomic mass is 9.98. The minimum atomic E-state index is -3.75. The zero-order valence-corrected chi connectivity index (χ0v) is 19.0. The van der Waals surface area contributed by atoms with Gasteiger partial charge >= 0.3 is 7.75 Å². The highest BCUT2D eigenvalue weighted by molar-refractivity contribution is 8.13. The summed E-state index contributed by atoms with van der Waals surface area (Å²) in [5, 5.41) is 12.8. The molecule has 0 aromatic heterocycles. The van der Waals surface area contributed by atoms with Crippen LogP contribution in [0.2, 0.25) is 0 Å². The Kier molecular flexibility index (Phi) is 8.25. The Bertz CT molecular complexity index is 764. The molecule has 1 saturated heterocycles. The molecular weight excluding hydrogens is 440 g/mol. The molecule has 0 saturated carbocycles. The summed E-state index contributed by atoms with van der Waals surface area (Å²) in [6, 6.07) is 0. The molecule has 0 spiro atoms. The predicted octanol–water partition coefficient (Wildman–Crippen LogP) is 1.20. The zero-order valence-electron chi connectivity index (χ0n) is 17.2. The number of aliphatic hydroxyl groups excluding tert-OH is 1. The average Bonchev–Trinajstić information content (AvgIpc) is 2.87. The first-order valence-corrected chi connectivity index (χ1v) is 11.6. The molecule has 0 bridgehead atoms. The third-order valence-electron chi connectivity index (χ3n) is 4.47. The van der Waals surface area contributed by atoms with E-state index in [1.165, 1.54) is 42.9 Å². The largest absolute Gasteiger partial charge is 0.407 e. The monoisotopic (exact) mass is 467 g/mol. The second-order valence-electron chi connectivity index (χ2n) is 7.07. The van der Waals surface area contributed by atoms with Gasteiger partial charge in [-0.2, -0.15) is 0 Å². The van der Waals surface area contributed by atoms with Gasteiger partial charge in [-0.25, -0.2) is 13.6 Å². The van der Waals surface area contributed by atoms with Crippen LogP contribution in [-0.4, -0.2) is 82.9 Å². The molecule has 2 aliphatic rings. The van der Waals surface area contributed by atoms with E-state index in [2.05, 4.69) is 11.9 Å². The highest BCUT2D eigenvalue weighted by Crippen LogP contribution is 2.51. The smallest absolute Gasteiger partial charge is 0.387 e. The summed E-state index contributed by atoms with van der Waals surface area (Å²) >= 11 is 1.02. The standard InChI is InChI=1S/C17H27FN3O7PS/c1-11-19-14(23)6-7-21(11)16-17(3,18)15(24)13(28-16)10-27-29(25,20(4)5)26-8-9-30-12(2)22/h6-7,13,15-16,24H,1,8-10H2,2-5H3,(H,19,23)/t13-,15+,16-,17?,29?/m1/s1. The molecule has 30 heavy (non-hydrogen) atoms. The molecule has 0 aromatic carbocycles. The van der Waals surface area contributed by atoms with E-state index < -0.39 is 44.4 Å². The molecule has 1 amide bonds. The van der Waals surface area contributed by atoms with Gasteiger partial charge < -0.3 is 20.1 Å². The lowest BCUT2D eigenvalue weighted by molar-refractivity contribution is -0.119. The van der Waals surface area contributed by atoms with Gasteiger partial charge in [0, 0.05) is 25.0 Å². The van der Waals surface area contributed by atoms with Crippen LogP contribution in [0.4, 0.5) is 4.39 Å². The summed E-state index contributed by atoms with van der Waals surface area (Å²) in [6.45, 7) is 5.80. The van der Waals surface area contributed by atoms with E-state index in [9.17, 15) is 19.3 Å². The SMILES string of the molecule is C=C1NC(=O)C=CN1[C@@H]1O[C@H](COP(=O)(OCCSC(C)=O)N(C)C)[C@H](O)C1(C)F. The van der Waals surface area contributed by atoms with E-state index in [1.807, 2.05) is 0 Å². The van der Waals surface area contributed by atoms with Gasteiger partial charge in [0.25, 0.3) is 5.91 Å². The lowest BCUT2D eigenvalue weighted by Gasteiger charge is -2.35. The molecule has 5 atom stereocenters. The molecule has 170 valence electrons. The van der Waals surface area contributed by atoms with E-state index in [-0.39, 0.29) is 17.5 Å². The molecule has 0 aliphatic carbocycles. The molecule has 13 heteroatoms. The van der Waals surface area contributed by atoms with Crippen molar-refractivity contribution in [2.75, 3.05) is 33.1 Å². The summed E-state index contributed by atoms with van der Waals surface area (Å²) < 4.78 is 45.8. The first-order chi connectivity index (χ1) is 13.9. The van der Waals surface area contributed by atoms with Gasteiger partial charge in [0.2, 0.25) is 0 Å². The van der Waals surface area contributed by atoms with E-state index in [1.54, 1.807) is 0 Å². The van der Waals surface area contributed by atoms with E-state index >= 15 is 4.39 Å². The van der Waals surface area contributed by atoms with Crippen LogP contribution in [0.1, 0.15) is 13.8 Å². The van der Waals surface area contributed by atoms with Crippen molar-refractivity contribution < 1.29 is 37.4 Å². The maximum atomic E-state index is 15.3. The predicted molar refractivity (Wildman–Crippen MR) is 109 cm³/mol. The van der Waals surface area contributed by atoms with Crippen LogP contribution in [0.3, 0.4) is 0 Å². The van der Waals surface area contributed by atoms with Gasteiger partial charge in [-0.3, -0.25) is 18.6 Å². The minimum Gasteiger partial charge on any atom is -0.387 e. The highest BCUT2D eigenvalue weighted by atomic mass is 32.2. The van der Waals surface area contributed by atoms with Crippen molar-refractivity contribution in [3.8, 4) is 0 Å². The Hall–Kier alpha value is -1.27. The van der Waals surface area contributed by atoms with Crippen molar-refractivity contribution in [3.63, 3.8) is 0 Å². The Morgan fingerprint density at radius 2 is 2.20 bits per heavy atom. The van der Waals surface area contributed by atoms with Gasteiger partial charge in [0.15, 0.2) is 17.0 Å². The van der Waals surface area contributed by atoms with Crippen molar-refractivity contribution in [2.24, 2.45) is 0 Å². The van der Waals surface area contributed by atoms with Gasteiger partial charge in [-0.15, -0.1) is 0 Å². The van der Waals surface area contributed by atoms with Crippen LogP contribution in [0, 0.1) is 0 Å². The summed E-state index contributed by atoms with van der Waals surface area (Å²) in [6.07, 6.45) is -1.58. The molecule has 0 radical (unpaired) electrons. The van der Waals surface area contributed by atoms with Crippen LogP contribution >= 0.6 is 19.5 Å². The van der Waals surface area contributed by atoms with Gasteiger partial charge in [-0.1, -0.05) is 18.3 Å². The van der Waals surface area contributed by atoms with Crippen LogP contribution in [0.5, 0.6) is 0 Å². The van der Waals surface area contributed by atoms with Crippen molar-refractivity contribution in [2.45, 2.75) is 38.0 Å². The zero-order chi connectivity index (χ0) is 22.7. The van der Waals surface area contributed by atoms with Crippen molar-refractivity contribution in [1.82, 2.24) is 14.9 Å². The van der Waals surface area contributed by atoms with Crippen molar-refractivity contribution in [1.29, 1.82) is 0 Å². The number of alkyl halides is 1. The number of hydrogen-bond donors (Lipinski definition) is 2. The molecule has 1 fully saturated rings. The van der Waals surface area contributed by atoms with Crippen LogP contribution in [0.25, 0.3) is 0 Å². The first kappa shape index (κ1) is 25.0. The number of ether oxygens (including phenoxy) is 1. The van der Waals surface area contributed by atoms with Crippen molar-refractivity contribution >= 4 is 30.5 Å². The summed E-state index contributed by atoms with van der Waals surface area (Å²) in [5.74, 6) is -0.0311. The van der Waals surface area contributed by atoms with Gasteiger partial charge in [0.1, 0.15) is 18.0 Å². The number of aliphatic hydroxyl groups is 1. The Balaban J connectivity index is 2.04. The molecule has 10 nitrogen and oxygen atoms in total. The Morgan fingerprint density at radius 1 is 1.53 bits per heavy atom. The molecular formula is C17H27FN3O7PS. The Labute approximate surface area is 179 Å². The van der Waals surface area contributed by atoms with Gasteiger partial charge in [0.05, 0.1) is 13.2 Å². The fourth-order valence-corrected chi connectivity index (χ4v) is 4.60. The normalized spacial score (nSPS) is 31.2. The molecule has 2 rings (SSSR count). The number of carbonyl (C=O) groups is 2. The maximum absolute atomic E-state index is 15.3. The quantitative estimate of drug-likeness (QED) is 0.378. The average molecular weight is 467 g/mol. The number of carbonyl (C=O) groups excluding carboxylic acids is 2. The second-order valence-corrected chi connectivity index (χ2v) is 10.6. The summed E-state index contributed by atoms with van der Waals surface area (Å²) in [7, 11) is -0.783. The fraction of sp³-hybridized carbons (Fsp3) is 0.647. The number of thioether (sulfide) groups is 1. The third-order valence-corrected chi connectivity index (χ3v) is 7.21. The molecule has 2 heterocycles. The van der Waals surface area contributed by atoms with E-state index in [4.69, 9.17) is 13.8 Å². The lowest BCUT2D eigenvalue weighted by Crippen LogP contribution is -2.51. The number of nitrogens with zero attached hydrogens (tertiary/aromatic N) is 2. The maximum Gasteiger partial charge on any atom is 0.407 e. The minimum absolute atomic E-state index is 0.00464. The van der Waals surface area contributed by atoms with Crippen molar-refractivity contribution in [3.05, 3.63) is 24.7 Å². The number of halogens is 1. The topological polar surface area (TPSA) is 118 Å². The number of rotatable bonds is 9. The van der Waals surface area contributed by atoms with Crippen LogP contribution in [0.15, 0.2) is 24.7 Å². The second kappa shape index (κ2) is 9.90. The molecule has 2 N–H and O–H groups in total. The molecule has 0 aromatic rings. The molecule has 2 unspecified atom stereocenters. The fourth-order valence-electron chi connectivity index (χ4n) is 2.83. The third kappa shape index (κ3) is 5.70. The first-order valence-electron chi connectivity index (χ1n) is 9.07. The molecule has 2 aliphatic heterocycles. The van der Waals surface area contributed by atoms with E-state index in [0.29, 0.717) is 5.75 Å². The number of hydrogen-bond acceptors (Lipinski definition) is 9. The number of amides is 1. The van der Waals surface area contributed by atoms with E-state index in [0.717, 1.165) is 18.7 Å². The highest BCUT2D eigenvalue weighted by Gasteiger charge is 2.57.